The van der Waals surface area contributed by atoms with E-state index in [0.717, 1.165) is 17.0 Å². The topological polar surface area (TPSA) is 137 Å². The zero-order valence-electron chi connectivity index (χ0n) is 26.7. The largest absolute Gasteiger partial charge is 0.496 e. The first kappa shape index (κ1) is 34.6. The molecule has 14 heteroatoms. The number of benzene rings is 3. The number of carboxylic acids is 1. The number of β-amino-alcohol motifs (C(OH)–C–C–N with tert-alkyl or cyclic N) is 1. The molecule has 1 fully saturated rings. The summed E-state index contributed by atoms with van der Waals surface area (Å²) in [6.07, 6.45) is -5.49. The number of hydrogen-bond donors (Lipinski definition) is 4. The van der Waals surface area contributed by atoms with Crippen molar-refractivity contribution in [2.75, 3.05) is 25.5 Å². The molecule has 1 amide bonds. The molecule has 1 aliphatic heterocycles. The van der Waals surface area contributed by atoms with E-state index in [2.05, 4.69) is 10.4 Å². The van der Waals surface area contributed by atoms with E-state index in [4.69, 9.17) is 4.74 Å². The molecule has 0 radical (unpaired) electrons. The van der Waals surface area contributed by atoms with E-state index in [1.54, 1.807) is 31.2 Å². The Morgan fingerprint density at radius 1 is 1.10 bits per heavy atom. The van der Waals surface area contributed by atoms with Crippen LogP contribution in [0.3, 0.4) is 0 Å². The summed E-state index contributed by atoms with van der Waals surface area (Å²) >= 11 is 0. The summed E-state index contributed by atoms with van der Waals surface area (Å²) in [4.78, 5) is 26.1. The Morgan fingerprint density at radius 2 is 1.83 bits per heavy atom. The molecule has 0 bridgehead atoms. The Kier molecular flexibility index (Phi) is 9.19. The quantitative estimate of drug-likeness (QED) is 0.169. The molecule has 1 aliphatic rings. The second-order valence-electron chi connectivity index (χ2n) is 12.8. The number of carbonyl (C=O) groups excluding carboxylic acids is 1. The summed E-state index contributed by atoms with van der Waals surface area (Å²) in [6.45, 7) is 3.63. The minimum Gasteiger partial charge on any atom is -0.496 e. The van der Waals surface area contributed by atoms with Crippen molar-refractivity contribution in [3.63, 3.8) is 0 Å². The van der Waals surface area contributed by atoms with Gasteiger partial charge in [0.25, 0.3) is 5.91 Å². The predicted octanol–water partition coefficient (Wildman–Crippen LogP) is 5.21. The third-order valence-corrected chi connectivity index (χ3v) is 8.72. The van der Waals surface area contributed by atoms with E-state index < -0.39 is 60.0 Å². The molecular weight excluding hydrogens is 636 g/mol. The fraction of sp³-hybridized carbons (Fsp3) is 0.382. The number of aromatic nitrogens is 2. The highest BCUT2D eigenvalue weighted by molar-refractivity contribution is 5.98. The van der Waals surface area contributed by atoms with Crippen LogP contribution in [0.2, 0.25) is 0 Å². The summed E-state index contributed by atoms with van der Waals surface area (Å²) in [5.74, 6) is -2.27. The van der Waals surface area contributed by atoms with Gasteiger partial charge in [-0.3, -0.25) is 4.79 Å². The molecular formula is C34H36F4N4O6. The average molecular weight is 673 g/mol. The second kappa shape index (κ2) is 12.7. The molecule has 1 saturated heterocycles. The zero-order valence-corrected chi connectivity index (χ0v) is 26.7. The van der Waals surface area contributed by atoms with E-state index in [9.17, 15) is 42.5 Å². The molecule has 1 aromatic heterocycles. The van der Waals surface area contributed by atoms with Crippen molar-refractivity contribution in [1.82, 2.24) is 14.7 Å². The van der Waals surface area contributed by atoms with Gasteiger partial charge in [-0.2, -0.15) is 18.3 Å². The monoisotopic (exact) mass is 672 g/mol. The molecule has 10 nitrogen and oxygen atoms in total. The SMILES string of the molecule is COc1ccc(F)cc1C(C)(C)CC(O)(CNc1cc(C)cc2c1cnn2-c1cccc(C(=O)N2C[C@@H](O)C[C@@H]2C(=O)O)c1)C(F)(F)F. The van der Waals surface area contributed by atoms with Crippen LogP contribution < -0.4 is 10.1 Å². The lowest BCUT2D eigenvalue weighted by molar-refractivity contribution is -0.260. The van der Waals surface area contributed by atoms with Crippen molar-refractivity contribution in [1.29, 1.82) is 0 Å². The lowest BCUT2D eigenvalue weighted by atomic mass is 9.74. The molecule has 3 atom stereocenters. The number of methoxy groups -OCH3 is 1. The zero-order chi connectivity index (χ0) is 35.2. The van der Waals surface area contributed by atoms with E-state index in [1.807, 2.05) is 0 Å². The van der Waals surface area contributed by atoms with Gasteiger partial charge in [0.15, 0.2) is 5.60 Å². The maximum Gasteiger partial charge on any atom is 0.418 e. The highest BCUT2D eigenvalue weighted by Crippen LogP contribution is 2.44. The number of fused-ring (bicyclic) bond motifs is 1. The first-order chi connectivity index (χ1) is 22.4. The Hall–Kier alpha value is -4.69. The normalized spacial score (nSPS) is 18.2. The van der Waals surface area contributed by atoms with Crippen molar-refractivity contribution in [2.24, 2.45) is 0 Å². The summed E-state index contributed by atoms with van der Waals surface area (Å²) < 4.78 is 64.6. The molecule has 256 valence electrons. The number of aliphatic carboxylic acids is 1. The molecule has 5 rings (SSSR count). The van der Waals surface area contributed by atoms with Gasteiger partial charge in [-0.05, 0) is 72.9 Å². The highest BCUT2D eigenvalue weighted by Gasteiger charge is 2.56. The van der Waals surface area contributed by atoms with Gasteiger partial charge in [-0.25, -0.2) is 13.9 Å². The standard InChI is InChI=1S/C34H36F4N4O6/c1-19-10-26(39-18-33(47,34(36,37)38)17-32(2,3)25-13-21(35)8-9-29(25)48-4)24-15-40-42(27(24)11-19)22-7-5-6-20(12-22)30(44)41-16-23(43)14-28(41)31(45)46/h5-13,15,23,28,39,43,47H,14,16-18H2,1-4H3,(H,45,46)/t23-,28+,33?/m0/s1. The van der Waals surface area contributed by atoms with Crippen molar-refractivity contribution in [2.45, 2.75) is 63.0 Å². The highest BCUT2D eigenvalue weighted by atomic mass is 19.4. The van der Waals surface area contributed by atoms with Crippen molar-refractivity contribution < 1.29 is 47.2 Å². The number of nitrogens with one attached hydrogen (secondary N) is 1. The van der Waals surface area contributed by atoms with E-state index >= 15 is 0 Å². The Balaban J connectivity index is 1.45. The summed E-state index contributed by atoms with van der Waals surface area (Å²) in [7, 11) is 1.33. The van der Waals surface area contributed by atoms with Crippen LogP contribution in [0.15, 0.2) is 60.8 Å². The van der Waals surface area contributed by atoms with Crippen LogP contribution in [0, 0.1) is 12.7 Å². The number of anilines is 1. The summed E-state index contributed by atoms with van der Waals surface area (Å²) in [5, 5.41) is 38.3. The van der Waals surface area contributed by atoms with Gasteiger partial charge in [0.2, 0.25) is 0 Å². The number of amides is 1. The van der Waals surface area contributed by atoms with Gasteiger partial charge < -0.3 is 30.3 Å². The third-order valence-electron chi connectivity index (χ3n) is 8.72. The van der Waals surface area contributed by atoms with Gasteiger partial charge in [0.05, 0.1) is 37.2 Å². The maximum absolute atomic E-state index is 14.5. The van der Waals surface area contributed by atoms with Gasteiger partial charge in [-0.1, -0.05) is 19.9 Å². The van der Waals surface area contributed by atoms with Crippen molar-refractivity contribution in [3.8, 4) is 11.4 Å². The average Bonchev–Trinajstić information content (AvgIpc) is 3.62. The van der Waals surface area contributed by atoms with Crippen LogP contribution in [0.5, 0.6) is 5.75 Å². The third kappa shape index (κ3) is 6.67. The molecule has 0 saturated carbocycles. The number of rotatable bonds is 10. The molecule has 3 aromatic carbocycles. The number of ether oxygens (including phenoxy) is 1. The molecule has 2 heterocycles. The lowest BCUT2D eigenvalue weighted by Gasteiger charge is -2.38. The number of alkyl halides is 3. The summed E-state index contributed by atoms with van der Waals surface area (Å²) in [5.41, 5.74) is -2.43. The smallest absolute Gasteiger partial charge is 0.418 e. The first-order valence-corrected chi connectivity index (χ1v) is 15.1. The Morgan fingerprint density at radius 3 is 2.50 bits per heavy atom. The number of carboxylic acid groups (broad SMARTS) is 1. The van der Waals surface area contributed by atoms with E-state index in [1.165, 1.54) is 50.0 Å². The van der Waals surface area contributed by atoms with E-state index in [-0.39, 0.29) is 35.5 Å². The second-order valence-corrected chi connectivity index (χ2v) is 12.8. The Bertz CT molecular complexity index is 1860. The van der Waals surface area contributed by atoms with Crippen LogP contribution in [-0.4, -0.2) is 86.0 Å². The Labute approximate surface area is 273 Å². The van der Waals surface area contributed by atoms with Gasteiger partial charge in [0.1, 0.15) is 17.6 Å². The van der Waals surface area contributed by atoms with E-state index in [0.29, 0.717) is 22.2 Å². The first-order valence-electron chi connectivity index (χ1n) is 15.1. The van der Waals surface area contributed by atoms with Gasteiger partial charge in [-0.15, -0.1) is 0 Å². The number of nitrogens with zero attached hydrogens (tertiary/aromatic N) is 3. The van der Waals surface area contributed by atoms with Crippen molar-refractivity contribution in [3.05, 3.63) is 83.3 Å². The number of likely N-dealkylation sites (tertiary alicyclic amines) is 1. The number of aryl methyl sites for hydroxylation is 1. The molecule has 48 heavy (non-hydrogen) atoms. The minimum atomic E-state index is -5.07. The molecule has 4 N–H and O–H groups in total. The summed E-state index contributed by atoms with van der Waals surface area (Å²) in [6, 6.07) is 12.1. The number of carbonyl (C=O) groups is 2. The number of aliphatic hydroxyl groups excluding tert-OH is 1. The fourth-order valence-electron chi connectivity index (χ4n) is 6.37. The number of aliphatic hydroxyl groups is 2. The number of halogens is 4. The van der Waals surface area contributed by atoms with Gasteiger partial charge in [0, 0.05) is 35.2 Å². The molecule has 1 unspecified atom stereocenters. The predicted molar refractivity (Wildman–Crippen MR) is 169 cm³/mol. The van der Waals surface area contributed by atoms with Crippen LogP contribution in [0.1, 0.15) is 48.2 Å². The van der Waals surface area contributed by atoms with Crippen molar-refractivity contribution >= 4 is 28.5 Å². The molecule has 4 aromatic rings. The minimum absolute atomic E-state index is 0.0838. The lowest BCUT2D eigenvalue weighted by Crippen LogP contribution is -2.53. The van der Waals surface area contributed by atoms with Crippen LogP contribution in [-0.2, 0) is 10.2 Å². The fourth-order valence-corrected chi connectivity index (χ4v) is 6.37. The van der Waals surface area contributed by atoms with Crippen LogP contribution in [0.4, 0.5) is 23.2 Å². The molecule has 0 aliphatic carbocycles. The van der Waals surface area contributed by atoms with Crippen LogP contribution in [0.25, 0.3) is 16.6 Å². The van der Waals surface area contributed by atoms with Crippen LogP contribution >= 0.6 is 0 Å². The number of hydrogen-bond acceptors (Lipinski definition) is 7. The van der Waals surface area contributed by atoms with Gasteiger partial charge >= 0.3 is 12.1 Å². The maximum atomic E-state index is 14.5. The molecule has 0 spiro atoms.